The monoisotopic (exact) mass is 128 g/mol. The summed E-state index contributed by atoms with van der Waals surface area (Å²) in [5.41, 5.74) is 7.91. The number of aromatic nitrogens is 1. The van der Waals surface area contributed by atoms with Crippen LogP contribution < -0.4 is 18.9 Å². The van der Waals surface area contributed by atoms with Gasteiger partial charge in [-0.1, -0.05) is 6.07 Å². The molecule has 48 valence electrons. The molecule has 0 atom stereocenters. The van der Waals surface area contributed by atoms with Gasteiger partial charge in [0.25, 0.3) is 0 Å². The van der Waals surface area contributed by atoms with Crippen molar-refractivity contribution in [1.29, 1.82) is 0 Å². The second-order valence-electron chi connectivity index (χ2n) is 1.82. The van der Waals surface area contributed by atoms with Crippen LogP contribution in [0.5, 0.6) is 0 Å². The molecule has 1 rings (SSSR count). The Hall–Kier alpha value is -0.293. The van der Waals surface area contributed by atoms with E-state index in [0.29, 0.717) is 6.54 Å². The van der Waals surface area contributed by atoms with Gasteiger partial charge in [-0.3, -0.25) is 4.98 Å². The zero-order chi connectivity index (χ0) is 6.53. The molecule has 0 spiro atoms. The van der Waals surface area contributed by atoms with Gasteiger partial charge >= 0.3 is 18.9 Å². The fourth-order valence-corrected chi connectivity index (χ4v) is 0.674. The van der Waals surface area contributed by atoms with Crippen LogP contribution in [0.2, 0.25) is 0 Å². The Morgan fingerprint density at radius 3 is 2.70 bits per heavy atom. The minimum absolute atomic E-state index is 0. The van der Waals surface area contributed by atoms with E-state index in [2.05, 4.69) is 4.98 Å². The van der Waals surface area contributed by atoms with Crippen molar-refractivity contribution < 1.29 is 18.9 Å². The standard InChI is InChI=1S/C7H9N2.Li/c8-5-4-7-3-1-2-6-9-7;/h1-3,6,8H,4-5H2;/q-1;+1. The van der Waals surface area contributed by atoms with Crippen molar-refractivity contribution in [3.8, 4) is 0 Å². The van der Waals surface area contributed by atoms with Gasteiger partial charge in [0.05, 0.1) is 0 Å². The average Bonchev–Trinajstić information content (AvgIpc) is 1.91. The van der Waals surface area contributed by atoms with E-state index >= 15 is 0 Å². The van der Waals surface area contributed by atoms with Crippen molar-refractivity contribution in [2.24, 2.45) is 0 Å². The van der Waals surface area contributed by atoms with E-state index in [1.807, 2.05) is 18.2 Å². The van der Waals surface area contributed by atoms with Crippen molar-refractivity contribution in [2.45, 2.75) is 6.42 Å². The van der Waals surface area contributed by atoms with Crippen molar-refractivity contribution in [3.63, 3.8) is 0 Å². The van der Waals surface area contributed by atoms with Crippen LogP contribution in [0, 0.1) is 0 Å². The maximum Gasteiger partial charge on any atom is 1.00 e. The molecule has 0 aliphatic rings. The zero-order valence-corrected chi connectivity index (χ0v) is 6.17. The van der Waals surface area contributed by atoms with Crippen molar-refractivity contribution in [3.05, 3.63) is 35.8 Å². The summed E-state index contributed by atoms with van der Waals surface area (Å²) in [4.78, 5) is 4.05. The molecule has 0 aromatic carbocycles. The Kier molecular flexibility index (Phi) is 5.33. The van der Waals surface area contributed by atoms with Crippen LogP contribution >= 0.6 is 0 Å². The van der Waals surface area contributed by atoms with Crippen LogP contribution in [-0.4, -0.2) is 11.5 Å². The maximum absolute atomic E-state index is 6.90. The summed E-state index contributed by atoms with van der Waals surface area (Å²) in [7, 11) is 0. The molecule has 0 fully saturated rings. The number of hydrogen-bond donors (Lipinski definition) is 0. The third-order valence-electron chi connectivity index (χ3n) is 1.11. The van der Waals surface area contributed by atoms with Crippen LogP contribution in [0.15, 0.2) is 24.4 Å². The molecule has 1 heterocycles. The van der Waals surface area contributed by atoms with E-state index in [1.165, 1.54) is 0 Å². The molecule has 0 aliphatic heterocycles. The molecule has 0 saturated carbocycles. The van der Waals surface area contributed by atoms with Crippen LogP contribution in [0.25, 0.3) is 5.73 Å². The first-order chi connectivity index (χ1) is 4.43. The third-order valence-corrected chi connectivity index (χ3v) is 1.11. The summed E-state index contributed by atoms with van der Waals surface area (Å²) >= 11 is 0. The normalized spacial score (nSPS) is 8.50. The first-order valence-corrected chi connectivity index (χ1v) is 2.98. The van der Waals surface area contributed by atoms with E-state index in [0.717, 1.165) is 12.1 Å². The van der Waals surface area contributed by atoms with Gasteiger partial charge in [-0.05, 0) is 18.6 Å². The second-order valence-corrected chi connectivity index (χ2v) is 1.82. The topological polar surface area (TPSA) is 36.7 Å². The molecule has 0 aliphatic carbocycles. The summed E-state index contributed by atoms with van der Waals surface area (Å²) < 4.78 is 0. The second kappa shape index (κ2) is 5.49. The number of nitrogens with zero attached hydrogens (tertiary/aromatic N) is 1. The third kappa shape index (κ3) is 3.02. The SMILES string of the molecule is [Li+].[NH-]CCc1ccccn1. The van der Waals surface area contributed by atoms with Crippen LogP contribution in [0.3, 0.4) is 0 Å². The summed E-state index contributed by atoms with van der Waals surface area (Å²) in [5, 5.41) is 0. The van der Waals surface area contributed by atoms with Crippen LogP contribution in [0.4, 0.5) is 0 Å². The number of rotatable bonds is 2. The van der Waals surface area contributed by atoms with Gasteiger partial charge in [0.2, 0.25) is 0 Å². The van der Waals surface area contributed by atoms with E-state index in [4.69, 9.17) is 5.73 Å². The van der Waals surface area contributed by atoms with Gasteiger partial charge < -0.3 is 5.73 Å². The fraction of sp³-hybridized carbons (Fsp3) is 0.286. The Morgan fingerprint density at radius 1 is 1.40 bits per heavy atom. The van der Waals surface area contributed by atoms with Crippen LogP contribution in [-0.2, 0) is 6.42 Å². The minimum Gasteiger partial charge on any atom is -0.677 e. The van der Waals surface area contributed by atoms with Crippen molar-refractivity contribution >= 4 is 0 Å². The van der Waals surface area contributed by atoms with Crippen molar-refractivity contribution in [2.75, 3.05) is 6.54 Å². The molecule has 2 nitrogen and oxygen atoms in total. The fourth-order valence-electron chi connectivity index (χ4n) is 0.674. The van der Waals surface area contributed by atoms with Gasteiger partial charge in [-0.15, -0.1) is 6.54 Å². The summed E-state index contributed by atoms with van der Waals surface area (Å²) in [6.45, 7) is 0.428. The summed E-state index contributed by atoms with van der Waals surface area (Å²) in [6, 6.07) is 5.76. The van der Waals surface area contributed by atoms with Gasteiger partial charge in [0.1, 0.15) is 0 Å². The minimum atomic E-state index is 0. The smallest absolute Gasteiger partial charge is 0.677 e. The number of nitrogens with one attached hydrogen (secondary N) is 1. The predicted octanol–water partition coefficient (Wildman–Crippen LogP) is -1.32. The van der Waals surface area contributed by atoms with E-state index in [1.54, 1.807) is 6.20 Å². The van der Waals surface area contributed by atoms with E-state index in [9.17, 15) is 0 Å². The predicted molar refractivity (Wildman–Crippen MR) is 37.1 cm³/mol. The molecule has 0 radical (unpaired) electrons. The average molecular weight is 128 g/mol. The van der Waals surface area contributed by atoms with Gasteiger partial charge in [0.15, 0.2) is 0 Å². The van der Waals surface area contributed by atoms with Gasteiger partial charge in [-0.25, -0.2) is 0 Å². The Morgan fingerprint density at radius 2 is 2.20 bits per heavy atom. The largest absolute Gasteiger partial charge is 1.00 e. The molecule has 3 heteroatoms. The molecule has 0 bridgehead atoms. The molecule has 0 saturated heterocycles. The van der Waals surface area contributed by atoms with Gasteiger partial charge in [-0.2, -0.15) is 0 Å². The first kappa shape index (κ1) is 9.71. The Bertz CT molecular complexity index is 165. The van der Waals surface area contributed by atoms with Crippen molar-refractivity contribution in [1.82, 2.24) is 4.98 Å². The van der Waals surface area contributed by atoms with E-state index in [-0.39, 0.29) is 18.9 Å². The van der Waals surface area contributed by atoms with Gasteiger partial charge in [0, 0.05) is 11.9 Å². The van der Waals surface area contributed by atoms with E-state index < -0.39 is 0 Å². The molecule has 1 aromatic rings. The maximum atomic E-state index is 6.90. The first-order valence-electron chi connectivity index (χ1n) is 2.98. The molecule has 1 aromatic heterocycles. The zero-order valence-electron chi connectivity index (χ0n) is 6.17. The van der Waals surface area contributed by atoms with Crippen LogP contribution in [0.1, 0.15) is 5.69 Å². The molecule has 1 N–H and O–H groups in total. The molecule has 0 amide bonds. The summed E-state index contributed by atoms with van der Waals surface area (Å²) in [5.74, 6) is 0. The number of pyridine rings is 1. The molecule has 0 unspecified atom stereocenters. The molecular formula is C7H9LiN2. The quantitative estimate of drug-likeness (QED) is 0.455. The Balaban J connectivity index is 0.000000810. The molecule has 10 heavy (non-hydrogen) atoms. The summed E-state index contributed by atoms with van der Waals surface area (Å²) in [6.07, 6.45) is 2.52. The number of hydrogen-bond acceptors (Lipinski definition) is 1. The molecular weight excluding hydrogens is 119 g/mol. The Labute approximate surface area is 73.0 Å².